The highest BCUT2D eigenvalue weighted by Gasteiger charge is 2.16. The highest BCUT2D eigenvalue weighted by atomic mass is 16.5. The van der Waals surface area contributed by atoms with Gasteiger partial charge in [0.05, 0.1) is 19.8 Å². The normalized spacial score (nSPS) is 15.7. The van der Waals surface area contributed by atoms with Crippen molar-refractivity contribution in [1.29, 1.82) is 0 Å². The molecule has 1 aliphatic rings. The van der Waals surface area contributed by atoms with Crippen molar-refractivity contribution in [3.05, 3.63) is 0 Å². The van der Waals surface area contributed by atoms with Crippen molar-refractivity contribution < 1.29 is 14.3 Å². The van der Waals surface area contributed by atoms with Gasteiger partial charge in [-0.1, -0.05) is 0 Å². The molecule has 15 heavy (non-hydrogen) atoms. The number of nitrogens with one attached hydrogen (secondary N) is 1. The van der Waals surface area contributed by atoms with Crippen molar-refractivity contribution >= 4 is 6.03 Å². The number of nitrogens with zero attached hydrogens (tertiary/aromatic N) is 1. The van der Waals surface area contributed by atoms with Gasteiger partial charge < -0.3 is 19.7 Å². The molecule has 1 aliphatic heterocycles. The van der Waals surface area contributed by atoms with E-state index in [1.165, 1.54) is 0 Å². The average molecular weight is 216 g/mol. The monoisotopic (exact) mass is 216 g/mol. The largest absolute Gasteiger partial charge is 0.382 e. The van der Waals surface area contributed by atoms with Crippen LogP contribution in [0.1, 0.15) is 12.8 Å². The first-order chi connectivity index (χ1) is 7.34. The summed E-state index contributed by atoms with van der Waals surface area (Å²) in [6.07, 6.45) is 2.25. The Bertz CT molecular complexity index is 182. The van der Waals surface area contributed by atoms with Gasteiger partial charge in [0.1, 0.15) is 0 Å². The summed E-state index contributed by atoms with van der Waals surface area (Å²) in [6.45, 7) is 4.06. The molecule has 0 radical (unpaired) electrons. The van der Waals surface area contributed by atoms with Crippen LogP contribution in [0.3, 0.4) is 0 Å². The number of carbonyl (C=O) groups is 1. The topological polar surface area (TPSA) is 50.8 Å². The van der Waals surface area contributed by atoms with E-state index in [2.05, 4.69) is 5.32 Å². The maximum atomic E-state index is 11.5. The molecule has 5 heteroatoms. The van der Waals surface area contributed by atoms with Gasteiger partial charge in [0, 0.05) is 26.7 Å². The van der Waals surface area contributed by atoms with Crippen molar-refractivity contribution in [3.63, 3.8) is 0 Å². The molecule has 0 bridgehead atoms. The summed E-state index contributed by atoms with van der Waals surface area (Å²) in [6, 6.07) is 0.0304. The van der Waals surface area contributed by atoms with Gasteiger partial charge in [-0.3, -0.25) is 0 Å². The van der Waals surface area contributed by atoms with Crippen molar-refractivity contribution in [3.8, 4) is 0 Å². The van der Waals surface area contributed by atoms with E-state index in [9.17, 15) is 4.79 Å². The minimum absolute atomic E-state index is 0.0304. The van der Waals surface area contributed by atoms with Crippen molar-refractivity contribution in [2.45, 2.75) is 12.8 Å². The Morgan fingerprint density at radius 3 is 2.67 bits per heavy atom. The Labute approximate surface area is 90.7 Å². The number of rotatable bonds is 6. The number of likely N-dealkylation sites (tertiary alicyclic amines) is 1. The smallest absolute Gasteiger partial charge is 0.317 e. The molecule has 0 atom stereocenters. The van der Waals surface area contributed by atoms with Crippen molar-refractivity contribution in [2.75, 3.05) is 46.6 Å². The summed E-state index contributed by atoms with van der Waals surface area (Å²) in [5.41, 5.74) is 0. The zero-order chi connectivity index (χ0) is 10.9. The lowest BCUT2D eigenvalue weighted by molar-refractivity contribution is 0.0722. The summed E-state index contributed by atoms with van der Waals surface area (Å²) in [4.78, 5) is 13.3. The van der Waals surface area contributed by atoms with Crippen LogP contribution in [0, 0.1) is 0 Å². The molecule has 2 amide bonds. The Morgan fingerprint density at radius 1 is 1.27 bits per heavy atom. The molecule has 1 N–H and O–H groups in total. The molecule has 0 aliphatic carbocycles. The SMILES string of the molecule is COCCOCCNC(=O)N1CCCC1. The lowest BCUT2D eigenvalue weighted by atomic mass is 10.4. The van der Waals surface area contributed by atoms with Crippen LogP contribution in [-0.4, -0.2) is 57.5 Å². The number of amides is 2. The quantitative estimate of drug-likeness (QED) is 0.656. The first-order valence-electron chi connectivity index (χ1n) is 5.44. The van der Waals surface area contributed by atoms with Gasteiger partial charge in [-0.25, -0.2) is 4.79 Å². The van der Waals surface area contributed by atoms with Crippen molar-refractivity contribution in [1.82, 2.24) is 10.2 Å². The van der Waals surface area contributed by atoms with Gasteiger partial charge in [0.15, 0.2) is 0 Å². The lowest BCUT2D eigenvalue weighted by Gasteiger charge is -2.15. The molecule has 1 fully saturated rings. The molecule has 1 saturated heterocycles. The molecule has 0 unspecified atom stereocenters. The zero-order valence-corrected chi connectivity index (χ0v) is 9.33. The molecule has 0 spiro atoms. The Hall–Kier alpha value is -0.810. The van der Waals surface area contributed by atoms with Crippen LogP contribution in [0.2, 0.25) is 0 Å². The van der Waals surface area contributed by atoms with Crippen LogP contribution < -0.4 is 5.32 Å². The van der Waals surface area contributed by atoms with E-state index in [4.69, 9.17) is 9.47 Å². The van der Waals surface area contributed by atoms with Crippen LogP contribution in [-0.2, 0) is 9.47 Å². The standard InChI is InChI=1S/C10H20N2O3/c1-14-8-9-15-7-4-11-10(13)12-5-2-3-6-12/h2-9H2,1H3,(H,11,13). The fourth-order valence-corrected chi connectivity index (χ4v) is 1.51. The van der Waals surface area contributed by atoms with E-state index in [1.54, 1.807) is 7.11 Å². The molecular weight excluding hydrogens is 196 g/mol. The maximum absolute atomic E-state index is 11.5. The lowest BCUT2D eigenvalue weighted by Crippen LogP contribution is -2.39. The van der Waals surface area contributed by atoms with Crippen LogP contribution in [0.15, 0.2) is 0 Å². The summed E-state index contributed by atoms with van der Waals surface area (Å²) < 4.78 is 10.1. The van der Waals surface area contributed by atoms with E-state index in [0.717, 1.165) is 25.9 Å². The first-order valence-corrected chi connectivity index (χ1v) is 5.44. The molecule has 0 aromatic carbocycles. The third-order valence-electron chi connectivity index (χ3n) is 2.35. The summed E-state index contributed by atoms with van der Waals surface area (Å²) in [5, 5.41) is 2.82. The predicted molar refractivity (Wildman–Crippen MR) is 56.9 cm³/mol. The fourth-order valence-electron chi connectivity index (χ4n) is 1.51. The van der Waals surface area contributed by atoms with Gasteiger partial charge in [-0.15, -0.1) is 0 Å². The highest BCUT2D eigenvalue weighted by molar-refractivity contribution is 5.74. The molecule has 1 heterocycles. The fraction of sp³-hybridized carbons (Fsp3) is 0.900. The molecule has 1 rings (SSSR count). The van der Waals surface area contributed by atoms with E-state index >= 15 is 0 Å². The van der Waals surface area contributed by atoms with Gasteiger partial charge in [0.25, 0.3) is 0 Å². The number of hydrogen-bond donors (Lipinski definition) is 1. The van der Waals surface area contributed by atoms with Crippen LogP contribution in [0.4, 0.5) is 4.79 Å². The molecule has 0 aromatic heterocycles. The van der Waals surface area contributed by atoms with E-state index < -0.39 is 0 Å². The number of carbonyl (C=O) groups excluding carboxylic acids is 1. The van der Waals surface area contributed by atoms with Gasteiger partial charge in [-0.05, 0) is 12.8 Å². The third kappa shape index (κ3) is 4.99. The highest BCUT2D eigenvalue weighted by Crippen LogP contribution is 2.06. The molecular formula is C10H20N2O3. The summed E-state index contributed by atoms with van der Waals surface area (Å²) in [7, 11) is 1.64. The Morgan fingerprint density at radius 2 is 2.00 bits per heavy atom. The number of hydrogen-bond acceptors (Lipinski definition) is 3. The number of urea groups is 1. The Balaban J connectivity index is 1.92. The van der Waals surface area contributed by atoms with Crippen LogP contribution in [0.5, 0.6) is 0 Å². The van der Waals surface area contributed by atoms with Crippen LogP contribution >= 0.6 is 0 Å². The molecule has 88 valence electrons. The molecule has 0 aromatic rings. The zero-order valence-electron chi connectivity index (χ0n) is 9.33. The van der Waals surface area contributed by atoms with Crippen molar-refractivity contribution in [2.24, 2.45) is 0 Å². The third-order valence-corrected chi connectivity index (χ3v) is 2.35. The predicted octanol–water partition coefficient (Wildman–Crippen LogP) is 0.455. The number of methoxy groups -OCH3 is 1. The second-order valence-corrected chi connectivity index (χ2v) is 3.53. The van der Waals surface area contributed by atoms with Gasteiger partial charge >= 0.3 is 6.03 Å². The van der Waals surface area contributed by atoms with Crippen LogP contribution in [0.25, 0.3) is 0 Å². The Kier molecular flexibility index (Phi) is 6.11. The van der Waals surface area contributed by atoms with E-state index in [0.29, 0.717) is 26.4 Å². The molecule has 0 saturated carbocycles. The van der Waals surface area contributed by atoms with Gasteiger partial charge in [0.2, 0.25) is 0 Å². The molecule has 5 nitrogen and oxygen atoms in total. The maximum Gasteiger partial charge on any atom is 0.317 e. The summed E-state index contributed by atoms with van der Waals surface area (Å²) >= 11 is 0. The minimum atomic E-state index is 0.0304. The average Bonchev–Trinajstić information content (AvgIpc) is 2.76. The second kappa shape index (κ2) is 7.48. The first kappa shape index (κ1) is 12.3. The minimum Gasteiger partial charge on any atom is -0.382 e. The number of ether oxygens (including phenoxy) is 2. The van der Waals surface area contributed by atoms with Gasteiger partial charge in [-0.2, -0.15) is 0 Å². The summed E-state index contributed by atoms with van der Waals surface area (Å²) in [5.74, 6) is 0. The van der Waals surface area contributed by atoms with E-state index in [1.807, 2.05) is 4.90 Å². The van der Waals surface area contributed by atoms with E-state index in [-0.39, 0.29) is 6.03 Å². The second-order valence-electron chi connectivity index (χ2n) is 3.53.